The summed E-state index contributed by atoms with van der Waals surface area (Å²) in [6, 6.07) is 8.49. The van der Waals surface area contributed by atoms with E-state index >= 15 is 0 Å². The summed E-state index contributed by atoms with van der Waals surface area (Å²) in [5, 5.41) is 4.11. The van der Waals surface area contributed by atoms with Crippen molar-refractivity contribution in [3.63, 3.8) is 0 Å². The van der Waals surface area contributed by atoms with Crippen LogP contribution in [0.4, 0.5) is 0 Å². The number of rotatable bonds is 4. The van der Waals surface area contributed by atoms with E-state index in [9.17, 15) is 0 Å². The smallest absolute Gasteiger partial charge is 0.250 e. The second-order valence-corrected chi connectivity index (χ2v) is 6.21. The number of allylic oxidation sites excluding steroid dienone is 1. The van der Waals surface area contributed by atoms with Gasteiger partial charge < -0.3 is 10.3 Å². The Labute approximate surface area is 131 Å². The van der Waals surface area contributed by atoms with Gasteiger partial charge in [0.1, 0.15) is 0 Å². The lowest BCUT2D eigenvalue weighted by Crippen LogP contribution is -2.34. The summed E-state index contributed by atoms with van der Waals surface area (Å²) < 4.78 is 5.40. The molecule has 1 fully saturated rings. The lowest BCUT2D eigenvalue weighted by molar-refractivity contribution is 0.364. The van der Waals surface area contributed by atoms with Gasteiger partial charge in [-0.15, -0.1) is 0 Å². The minimum atomic E-state index is -0.397. The van der Waals surface area contributed by atoms with Gasteiger partial charge in [0, 0.05) is 6.08 Å². The van der Waals surface area contributed by atoms with Gasteiger partial charge >= 0.3 is 0 Å². The first-order valence-corrected chi connectivity index (χ1v) is 8.01. The maximum absolute atomic E-state index is 6.38. The zero-order valence-electron chi connectivity index (χ0n) is 13.3. The molecule has 4 nitrogen and oxygen atoms in total. The van der Waals surface area contributed by atoms with Gasteiger partial charge in [-0.25, -0.2) is 0 Å². The molecule has 3 rings (SSSR count). The molecule has 22 heavy (non-hydrogen) atoms. The lowest BCUT2D eigenvalue weighted by Gasteiger charge is -2.17. The van der Waals surface area contributed by atoms with Gasteiger partial charge in [0.25, 0.3) is 5.89 Å². The van der Waals surface area contributed by atoms with Crippen LogP contribution in [-0.2, 0) is 5.54 Å². The summed E-state index contributed by atoms with van der Waals surface area (Å²) in [5.74, 6) is 1.19. The normalized spacial score (nSPS) is 17.9. The minimum absolute atomic E-state index is 0.397. The van der Waals surface area contributed by atoms with Gasteiger partial charge in [0.2, 0.25) is 0 Å². The predicted molar refractivity (Wildman–Crippen MR) is 88.0 cm³/mol. The van der Waals surface area contributed by atoms with Crippen LogP contribution in [0.3, 0.4) is 0 Å². The molecule has 0 bridgehead atoms. The molecule has 1 aromatic heterocycles. The van der Waals surface area contributed by atoms with E-state index in [4.69, 9.17) is 10.3 Å². The van der Waals surface area contributed by atoms with E-state index in [0.29, 0.717) is 11.7 Å². The summed E-state index contributed by atoms with van der Waals surface area (Å²) >= 11 is 0. The monoisotopic (exact) mass is 297 g/mol. The Morgan fingerprint density at radius 1 is 1.27 bits per heavy atom. The van der Waals surface area contributed by atoms with Gasteiger partial charge in [0.05, 0.1) is 5.54 Å². The first kappa shape index (κ1) is 15.0. The van der Waals surface area contributed by atoms with Crippen LogP contribution < -0.4 is 5.73 Å². The maximum atomic E-state index is 6.38. The molecule has 0 aliphatic heterocycles. The van der Waals surface area contributed by atoms with Crippen LogP contribution in [0.2, 0.25) is 0 Å². The largest absolute Gasteiger partial charge is 0.335 e. The fraction of sp³-hybridized carbons (Fsp3) is 0.444. The van der Waals surface area contributed by atoms with Crippen LogP contribution in [0.1, 0.15) is 61.9 Å². The van der Waals surface area contributed by atoms with Gasteiger partial charge in [-0.05, 0) is 37.3 Å². The van der Waals surface area contributed by atoms with Gasteiger partial charge in [0.15, 0.2) is 5.82 Å². The molecule has 1 heterocycles. The lowest BCUT2D eigenvalue weighted by atomic mass is 9.98. The van der Waals surface area contributed by atoms with Crippen LogP contribution in [0.15, 0.2) is 28.8 Å². The van der Waals surface area contributed by atoms with Crippen molar-refractivity contribution in [3.05, 3.63) is 47.1 Å². The zero-order valence-corrected chi connectivity index (χ0v) is 13.3. The Balaban J connectivity index is 1.87. The summed E-state index contributed by atoms with van der Waals surface area (Å²) in [6.07, 6.45) is 7.04. The van der Waals surface area contributed by atoms with Crippen molar-refractivity contribution in [1.29, 1.82) is 0 Å². The predicted octanol–water partition coefficient (Wildman–Crippen LogP) is 4.06. The third kappa shape index (κ3) is 2.97. The first-order chi connectivity index (χ1) is 10.6. The topological polar surface area (TPSA) is 64.9 Å². The molecule has 2 N–H and O–H groups in total. The summed E-state index contributed by atoms with van der Waals surface area (Å²) in [5.41, 5.74) is 9.62. The quantitative estimate of drug-likeness (QED) is 0.924. The van der Waals surface area contributed by atoms with Gasteiger partial charge in [-0.1, -0.05) is 54.8 Å². The Hall–Kier alpha value is -1.94. The molecule has 1 aliphatic rings. The molecule has 116 valence electrons. The van der Waals surface area contributed by atoms with Gasteiger partial charge in [-0.3, -0.25) is 0 Å². The van der Waals surface area contributed by atoms with Crippen molar-refractivity contribution in [1.82, 2.24) is 10.1 Å². The Morgan fingerprint density at radius 3 is 2.59 bits per heavy atom. The highest BCUT2D eigenvalue weighted by Crippen LogP contribution is 2.34. The van der Waals surface area contributed by atoms with E-state index in [1.807, 2.05) is 6.08 Å². The number of benzene rings is 1. The highest BCUT2D eigenvalue weighted by atomic mass is 16.5. The Kier molecular flexibility index (Phi) is 4.12. The molecule has 0 saturated heterocycles. The standard InChI is InChI=1S/C18H23N3O/c1-3-14(15-8-6-13(2)7-9-15)12-16-20-17(21-22-16)18(19)10-4-5-11-18/h6-9,12H,3-5,10-11,19H2,1-2H3/b14-12-. The van der Waals surface area contributed by atoms with Crippen molar-refractivity contribution in [2.45, 2.75) is 51.5 Å². The van der Waals surface area contributed by atoms with Crippen molar-refractivity contribution in [2.75, 3.05) is 0 Å². The van der Waals surface area contributed by atoms with E-state index in [1.54, 1.807) is 0 Å². The molecule has 0 amide bonds. The third-order valence-electron chi connectivity index (χ3n) is 4.48. The highest BCUT2D eigenvalue weighted by Gasteiger charge is 2.35. The molecule has 4 heteroatoms. The van der Waals surface area contributed by atoms with Crippen LogP contribution in [0.25, 0.3) is 11.6 Å². The van der Waals surface area contributed by atoms with Crippen LogP contribution in [0.5, 0.6) is 0 Å². The molecule has 1 aromatic carbocycles. The van der Waals surface area contributed by atoms with E-state index in [2.05, 4.69) is 48.3 Å². The number of aromatic nitrogens is 2. The number of hydrogen-bond acceptors (Lipinski definition) is 4. The average molecular weight is 297 g/mol. The molecule has 2 aromatic rings. The summed E-state index contributed by atoms with van der Waals surface area (Å²) in [7, 11) is 0. The molecule has 0 atom stereocenters. The van der Waals surface area contributed by atoms with E-state index < -0.39 is 5.54 Å². The summed E-state index contributed by atoms with van der Waals surface area (Å²) in [4.78, 5) is 4.52. The average Bonchev–Trinajstić information content (AvgIpc) is 3.16. The van der Waals surface area contributed by atoms with E-state index in [1.165, 1.54) is 16.7 Å². The Bertz CT molecular complexity index is 664. The van der Waals surface area contributed by atoms with Crippen LogP contribution >= 0.6 is 0 Å². The van der Waals surface area contributed by atoms with Crippen molar-refractivity contribution in [2.24, 2.45) is 5.73 Å². The third-order valence-corrected chi connectivity index (χ3v) is 4.48. The molecular weight excluding hydrogens is 274 g/mol. The van der Waals surface area contributed by atoms with Crippen molar-refractivity contribution < 1.29 is 4.52 Å². The number of nitrogens with two attached hydrogens (primary N) is 1. The summed E-state index contributed by atoms with van der Waals surface area (Å²) in [6.45, 7) is 4.22. The molecular formula is C18H23N3O. The molecule has 0 spiro atoms. The van der Waals surface area contributed by atoms with Crippen LogP contribution in [0, 0.1) is 6.92 Å². The Morgan fingerprint density at radius 2 is 1.95 bits per heavy atom. The fourth-order valence-electron chi connectivity index (χ4n) is 3.03. The molecule has 0 radical (unpaired) electrons. The van der Waals surface area contributed by atoms with E-state index in [0.717, 1.165) is 32.1 Å². The molecule has 0 unspecified atom stereocenters. The maximum Gasteiger partial charge on any atom is 0.250 e. The van der Waals surface area contributed by atoms with E-state index in [-0.39, 0.29) is 0 Å². The van der Waals surface area contributed by atoms with Gasteiger partial charge in [-0.2, -0.15) is 4.98 Å². The fourth-order valence-corrected chi connectivity index (χ4v) is 3.03. The second kappa shape index (κ2) is 6.05. The highest BCUT2D eigenvalue weighted by molar-refractivity contribution is 5.79. The SMILES string of the molecule is CC/C(=C/c1nc(C2(N)CCCC2)no1)c1ccc(C)cc1. The minimum Gasteiger partial charge on any atom is -0.335 e. The number of hydrogen-bond donors (Lipinski definition) is 1. The molecule has 1 aliphatic carbocycles. The number of aryl methyl sites for hydroxylation is 1. The number of nitrogens with zero attached hydrogens (tertiary/aromatic N) is 2. The van der Waals surface area contributed by atoms with Crippen molar-refractivity contribution in [3.8, 4) is 0 Å². The zero-order chi connectivity index (χ0) is 15.6. The van der Waals surface area contributed by atoms with Crippen molar-refractivity contribution >= 4 is 11.6 Å². The first-order valence-electron chi connectivity index (χ1n) is 8.01. The molecule has 1 saturated carbocycles. The van der Waals surface area contributed by atoms with Crippen LogP contribution in [-0.4, -0.2) is 10.1 Å². The second-order valence-electron chi connectivity index (χ2n) is 6.21.